The van der Waals surface area contributed by atoms with Gasteiger partial charge in [0.15, 0.2) is 11.5 Å². The van der Waals surface area contributed by atoms with E-state index < -0.39 is 0 Å². The van der Waals surface area contributed by atoms with Crippen LogP contribution in [0.25, 0.3) is 11.1 Å². The number of hydrogen-bond acceptors (Lipinski definition) is 7. The van der Waals surface area contributed by atoms with Crippen LogP contribution in [0, 0.1) is 51.2 Å². The van der Waals surface area contributed by atoms with Gasteiger partial charge in [0.1, 0.15) is 17.2 Å². The summed E-state index contributed by atoms with van der Waals surface area (Å²) in [6.45, 7) is 17.7. The standard InChI is InChI=1S/C60H73Br2N3O7/c1-35(2)37-15-19-44-38(27-37)16-22-49-59(6,24-10-25-60(44,49)7)34-72-56(70)63-33-58(5)31-40(30-57(3,4)32-58)64-50(67)23-26-71-41-17-13-36(14-18-41)39-28-45(61)53(46(62)29-39)65-47-20-21-48(66)52-51(47)54(68)42-11-8-9-12-43(42)55(52)69/h8-9,11-14,17-18,20-21,28-29,35,37-38,40,44,49,65-66H,10,15-16,19,22-27,30-34H2,1-7H3,(H,63,70)(H,64,67)/p+1. The highest BCUT2D eigenvalue weighted by molar-refractivity contribution is 9.11. The third-order valence-corrected chi connectivity index (χ3v) is 19.3. The van der Waals surface area contributed by atoms with E-state index in [-0.39, 0.29) is 81.3 Å². The highest BCUT2D eigenvalue weighted by Crippen LogP contribution is 2.64. The van der Waals surface area contributed by atoms with Crippen LogP contribution in [-0.4, -0.2) is 54.5 Å². The molecule has 384 valence electrons. The summed E-state index contributed by atoms with van der Waals surface area (Å²) in [5.74, 6) is 3.55. The van der Waals surface area contributed by atoms with Crippen LogP contribution in [0.3, 0.4) is 0 Å². The largest absolute Gasteiger partial charge is 0.507 e. The highest BCUT2D eigenvalue weighted by Gasteiger charge is 2.57. The first kappa shape index (κ1) is 52.3. The number of carbonyl (C=O) groups is 4. The lowest BCUT2D eigenvalue weighted by Gasteiger charge is -2.61. The number of ketones is 2. The molecule has 5 aliphatic rings. The summed E-state index contributed by atoms with van der Waals surface area (Å²) in [6.07, 6.45) is 12.8. The number of amides is 2. The van der Waals surface area contributed by atoms with Crippen LogP contribution in [0.2, 0.25) is 0 Å². The maximum atomic E-state index is 13.7. The van der Waals surface area contributed by atoms with Gasteiger partial charge in [-0.1, -0.05) is 91.3 Å². The van der Waals surface area contributed by atoms with E-state index in [9.17, 15) is 24.3 Å². The number of phenolic OH excluding ortho intramolecular Hbond substituents is 1. The predicted molar refractivity (Wildman–Crippen MR) is 289 cm³/mol. The van der Waals surface area contributed by atoms with Crippen molar-refractivity contribution >= 4 is 66.8 Å². The number of nitrogens with one attached hydrogen (secondary N) is 2. The first-order valence-electron chi connectivity index (χ1n) is 26.5. The number of alkyl carbamates (subject to hydrolysis) is 1. The van der Waals surface area contributed by atoms with Gasteiger partial charge in [-0.3, -0.25) is 19.7 Å². The Balaban J connectivity index is 0.745. The van der Waals surface area contributed by atoms with E-state index in [2.05, 4.69) is 91.0 Å². The molecule has 12 heteroatoms. The molecule has 5 N–H and O–H groups in total. The van der Waals surface area contributed by atoms with Crippen molar-refractivity contribution in [3.8, 4) is 22.6 Å². The lowest BCUT2D eigenvalue weighted by molar-refractivity contribution is -0.480. The van der Waals surface area contributed by atoms with Gasteiger partial charge < -0.3 is 25.2 Å². The first-order chi connectivity index (χ1) is 34.2. The van der Waals surface area contributed by atoms with Gasteiger partial charge in [0.25, 0.3) is 0 Å². The van der Waals surface area contributed by atoms with Gasteiger partial charge in [-0.2, -0.15) is 0 Å². The number of phenols is 1. The van der Waals surface area contributed by atoms with E-state index in [1.54, 1.807) is 30.3 Å². The van der Waals surface area contributed by atoms with E-state index in [1.807, 2.05) is 41.7 Å². The zero-order valence-electron chi connectivity index (χ0n) is 43.2. The number of halogens is 2. The average Bonchev–Trinajstić information content (AvgIpc) is 3.32. The molecule has 8 atom stereocenters. The Labute approximate surface area is 443 Å². The molecule has 4 saturated carbocycles. The summed E-state index contributed by atoms with van der Waals surface area (Å²) < 4.78 is 13.7. The van der Waals surface area contributed by atoms with Crippen molar-refractivity contribution < 1.29 is 39.1 Å². The third kappa shape index (κ3) is 10.7. The maximum absolute atomic E-state index is 13.7. The number of hydrogen-bond donors (Lipinski definition) is 4. The molecule has 0 saturated heterocycles. The van der Waals surface area contributed by atoms with Gasteiger partial charge in [-0.25, -0.2) is 4.79 Å². The number of fused-ring (bicyclic) bond motifs is 5. The smallest absolute Gasteiger partial charge is 0.407 e. The molecule has 2 amide bonds. The lowest BCUT2D eigenvalue weighted by atomic mass is 9.44. The van der Waals surface area contributed by atoms with Crippen molar-refractivity contribution in [2.24, 2.45) is 51.2 Å². The molecule has 9 rings (SSSR count). The Morgan fingerprint density at radius 3 is 2.22 bits per heavy atom. The molecule has 0 aliphatic heterocycles. The van der Waals surface area contributed by atoms with Crippen LogP contribution in [0.15, 0.2) is 81.7 Å². The number of benzene rings is 4. The minimum Gasteiger partial charge on any atom is -0.507 e. The number of aromatic hydroxyl groups is 1. The van der Waals surface area contributed by atoms with Gasteiger partial charge in [-0.15, -0.1) is 0 Å². The topological polar surface area (TPSA) is 148 Å². The maximum Gasteiger partial charge on any atom is 0.407 e. The molecule has 0 spiro atoms. The van der Waals surface area contributed by atoms with E-state index >= 15 is 0 Å². The zero-order chi connectivity index (χ0) is 51.3. The van der Waals surface area contributed by atoms with Crippen LogP contribution in [-0.2, 0) is 9.53 Å². The quantitative estimate of drug-likeness (QED) is 0.0678. The van der Waals surface area contributed by atoms with E-state index in [4.69, 9.17) is 9.47 Å². The van der Waals surface area contributed by atoms with Crippen molar-refractivity contribution in [1.82, 2.24) is 10.6 Å². The van der Waals surface area contributed by atoms with Gasteiger partial charge >= 0.3 is 6.09 Å². The Bertz CT molecular complexity index is 2720. The summed E-state index contributed by atoms with van der Waals surface area (Å²) in [7, 11) is 0. The first-order valence-corrected chi connectivity index (χ1v) is 28.1. The summed E-state index contributed by atoms with van der Waals surface area (Å²) in [6, 6.07) is 21.5. The molecule has 4 aromatic carbocycles. The summed E-state index contributed by atoms with van der Waals surface area (Å²) >= 11 is 7.47. The average molecular weight is 1110 g/mol. The SMILES string of the molecule is CC(C)C1CCC2C(CCC3C(C)(COC(=O)NCC4(C)CC(NC(=O)CCOc5ccc(-c6cc(Br)c([NH2+]c7ccc(O)c8c7C(=O)c7ccccc7C8=O)c(Br)c6)cc5)CC(C)(C)C4)CCCC23C)C1. The molecule has 0 bridgehead atoms. The fourth-order valence-electron chi connectivity index (χ4n) is 14.9. The van der Waals surface area contributed by atoms with E-state index in [0.29, 0.717) is 41.5 Å². The molecule has 4 fully saturated rings. The van der Waals surface area contributed by atoms with Gasteiger partial charge in [0, 0.05) is 35.2 Å². The molecule has 10 nitrogen and oxygen atoms in total. The Morgan fingerprint density at radius 1 is 0.833 bits per heavy atom. The van der Waals surface area contributed by atoms with E-state index in [0.717, 1.165) is 75.1 Å². The van der Waals surface area contributed by atoms with E-state index in [1.165, 1.54) is 51.0 Å². The monoisotopic (exact) mass is 1110 g/mol. The van der Waals surface area contributed by atoms with Crippen molar-refractivity contribution in [2.75, 3.05) is 19.8 Å². The number of ether oxygens (including phenoxy) is 2. The summed E-state index contributed by atoms with van der Waals surface area (Å²) in [5, 5.41) is 19.0. The molecule has 72 heavy (non-hydrogen) atoms. The molecular formula is C60H74Br2N3O7+. The number of quaternary nitrogens is 1. The molecular weight excluding hydrogens is 1030 g/mol. The molecule has 0 heterocycles. The predicted octanol–water partition coefficient (Wildman–Crippen LogP) is 13.4. The van der Waals surface area contributed by atoms with Gasteiger partial charge in [0.2, 0.25) is 11.7 Å². The Kier molecular flexibility index (Phi) is 15.0. The van der Waals surface area contributed by atoms with Crippen LogP contribution in [0.1, 0.15) is 157 Å². The van der Waals surface area contributed by atoms with Crippen LogP contribution in [0.4, 0.5) is 16.2 Å². The second-order valence-corrected chi connectivity index (χ2v) is 26.0. The number of carbonyl (C=O) groups excluding carboxylic acids is 4. The number of rotatable bonds is 13. The minimum absolute atomic E-state index is 0.00407. The molecule has 5 aliphatic carbocycles. The third-order valence-electron chi connectivity index (χ3n) is 18.0. The fraction of sp³-hybridized carbons (Fsp3) is 0.533. The highest BCUT2D eigenvalue weighted by atomic mass is 79.9. The lowest BCUT2D eigenvalue weighted by Crippen LogP contribution is -2.72. The minimum atomic E-state index is -0.379. The second-order valence-electron chi connectivity index (χ2n) is 24.3. The molecule has 4 aromatic rings. The Hall–Kier alpha value is -4.52. The normalized spacial score (nSPS) is 28.5. The summed E-state index contributed by atoms with van der Waals surface area (Å²) in [4.78, 5) is 53.9. The van der Waals surface area contributed by atoms with Crippen molar-refractivity contribution in [1.29, 1.82) is 0 Å². The van der Waals surface area contributed by atoms with Crippen molar-refractivity contribution in [3.63, 3.8) is 0 Å². The van der Waals surface area contributed by atoms with Crippen molar-refractivity contribution in [2.45, 2.75) is 132 Å². The van der Waals surface area contributed by atoms with Crippen LogP contribution in [0.5, 0.6) is 11.5 Å². The number of nitrogens with two attached hydrogens (primary N) is 1. The van der Waals surface area contributed by atoms with Gasteiger partial charge in [-0.05, 0) is 183 Å². The molecule has 0 aromatic heterocycles. The molecule has 0 radical (unpaired) electrons. The summed E-state index contributed by atoms with van der Waals surface area (Å²) in [5.41, 5.74) is 4.06. The fourth-order valence-corrected chi connectivity index (χ4v) is 16.3. The Morgan fingerprint density at radius 2 is 1.53 bits per heavy atom. The molecule has 8 unspecified atom stereocenters. The van der Waals surface area contributed by atoms with Gasteiger partial charge in [0.05, 0.1) is 39.7 Å². The van der Waals surface area contributed by atoms with Crippen molar-refractivity contribution in [3.05, 3.63) is 104 Å². The second kappa shape index (κ2) is 20.7. The zero-order valence-corrected chi connectivity index (χ0v) is 46.4. The van der Waals surface area contributed by atoms with Crippen LogP contribution < -0.4 is 20.7 Å². The van der Waals surface area contributed by atoms with Crippen LogP contribution >= 0.6 is 31.9 Å².